The lowest BCUT2D eigenvalue weighted by Crippen LogP contribution is -2.41. The topological polar surface area (TPSA) is 105 Å². The molecule has 0 radical (unpaired) electrons. The molecule has 1 aliphatic heterocycles. The zero-order valence-electron chi connectivity index (χ0n) is 19.2. The average Bonchev–Trinajstić information content (AvgIpc) is 3.28. The van der Waals surface area contributed by atoms with Gasteiger partial charge in [-0.15, -0.1) is 0 Å². The Kier molecular flexibility index (Phi) is 4.39. The van der Waals surface area contributed by atoms with Crippen LogP contribution in [-0.2, 0) is 6.42 Å². The Morgan fingerprint density at radius 3 is 2.86 bits per heavy atom. The van der Waals surface area contributed by atoms with Crippen molar-refractivity contribution in [1.82, 2.24) is 34.4 Å². The van der Waals surface area contributed by atoms with E-state index in [0.29, 0.717) is 30.3 Å². The number of nitrogens with one attached hydrogen (secondary N) is 1. The van der Waals surface area contributed by atoms with Crippen LogP contribution in [0, 0.1) is 6.92 Å². The van der Waals surface area contributed by atoms with Crippen LogP contribution in [0.4, 0.5) is 0 Å². The maximum Gasteiger partial charge on any atom is 0.292 e. The van der Waals surface area contributed by atoms with E-state index >= 15 is 0 Å². The molecule has 1 fully saturated rings. The van der Waals surface area contributed by atoms with Crippen molar-refractivity contribution in [2.45, 2.75) is 38.1 Å². The predicted molar refractivity (Wildman–Crippen MR) is 127 cm³/mol. The smallest absolute Gasteiger partial charge is 0.292 e. The maximum absolute atomic E-state index is 14.1. The SMILES string of the molecule is Cc1cccn2nc([C@@H]3c4nc[nH]c4CCN3C(=O)c3oc(-c4ccccn4)nc3C3CC3)cc12. The van der Waals surface area contributed by atoms with Gasteiger partial charge < -0.3 is 14.3 Å². The number of nitrogens with zero attached hydrogens (tertiary/aromatic N) is 6. The van der Waals surface area contributed by atoms with Crippen LogP contribution in [0.1, 0.15) is 63.7 Å². The summed E-state index contributed by atoms with van der Waals surface area (Å²) in [5.41, 5.74) is 6.10. The molecule has 9 nitrogen and oxygen atoms in total. The van der Waals surface area contributed by atoms with Crippen molar-refractivity contribution in [2.24, 2.45) is 0 Å². The number of pyridine rings is 2. The fourth-order valence-corrected chi connectivity index (χ4v) is 4.95. The van der Waals surface area contributed by atoms with Gasteiger partial charge in [0.2, 0.25) is 11.7 Å². The maximum atomic E-state index is 14.1. The molecule has 1 atom stereocenters. The first-order chi connectivity index (χ1) is 17.2. The highest BCUT2D eigenvalue weighted by molar-refractivity contribution is 5.94. The number of rotatable bonds is 4. The second-order valence-corrected chi connectivity index (χ2v) is 9.23. The van der Waals surface area contributed by atoms with Gasteiger partial charge in [-0.25, -0.2) is 14.5 Å². The van der Waals surface area contributed by atoms with Crippen molar-refractivity contribution in [1.29, 1.82) is 0 Å². The Morgan fingerprint density at radius 1 is 1.14 bits per heavy atom. The van der Waals surface area contributed by atoms with Gasteiger partial charge in [-0.2, -0.15) is 5.10 Å². The molecule has 0 aromatic carbocycles. The van der Waals surface area contributed by atoms with E-state index in [9.17, 15) is 4.79 Å². The predicted octanol–water partition coefficient (Wildman–Crippen LogP) is 4.08. The molecule has 1 aliphatic carbocycles. The van der Waals surface area contributed by atoms with Crippen LogP contribution in [0.2, 0.25) is 0 Å². The van der Waals surface area contributed by atoms with E-state index < -0.39 is 6.04 Å². The van der Waals surface area contributed by atoms with Crippen molar-refractivity contribution >= 4 is 11.4 Å². The molecule has 1 saturated carbocycles. The van der Waals surface area contributed by atoms with Gasteiger partial charge in [0, 0.05) is 37.0 Å². The molecule has 0 unspecified atom stereocenters. The Labute approximate surface area is 200 Å². The second-order valence-electron chi connectivity index (χ2n) is 9.23. The quantitative estimate of drug-likeness (QED) is 0.429. The standard InChI is InChI=1S/C26H23N7O2/c1-15-5-4-11-33-20(15)13-19(31-33)23-22-17(28-14-29-22)9-12-32(23)26(34)24-21(16-7-8-16)30-25(35-24)18-6-2-3-10-27-18/h2-6,10-11,13-14,16,23H,7-9,12H2,1H3,(H,28,29)/t23-/m1/s1. The summed E-state index contributed by atoms with van der Waals surface area (Å²) >= 11 is 0. The number of carbonyl (C=O) groups excluding carboxylic acids is 1. The highest BCUT2D eigenvalue weighted by Gasteiger charge is 2.41. The minimum absolute atomic E-state index is 0.186. The summed E-state index contributed by atoms with van der Waals surface area (Å²) in [6.07, 6.45) is 8.01. The van der Waals surface area contributed by atoms with E-state index in [2.05, 4.69) is 27.9 Å². The molecule has 6 heterocycles. The fourth-order valence-electron chi connectivity index (χ4n) is 4.95. The van der Waals surface area contributed by atoms with Crippen molar-refractivity contribution in [2.75, 3.05) is 6.54 Å². The number of fused-ring (bicyclic) bond motifs is 2. The van der Waals surface area contributed by atoms with Crippen LogP contribution < -0.4 is 0 Å². The van der Waals surface area contributed by atoms with Crippen molar-refractivity contribution in [3.05, 3.63) is 89.2 Å². The summed E-state index contributed by atoms with van der Waals surface area (Å²) < 4.78 is 7.99. The number of hydrogen-bond donors (Lipinski definition) is 1. The number of amides is 1. The first-order valence-electron chi connectivity index (χ1n) is 11.9. The average molecular weight is 466 g/mol. The molecule has 5 aromatic heterocycles. The first kappa shape index (κ1) is 20.1. The number of aromatic amines is 1. The number of hydrogen-bond acceptors (Lipinski definition) is 6. The summed E-state index contributed by atoms with van der Waals surface area (Å²) in [6, 6.07) is 11.2. The summed E-state index contributed by atoms with van der Waals surface area (Å²) in [5, 5.41) is 4.84. The number of H-pyrrole nitrogens is 1. The van der Waals surface area contributed by atoms with E-state index in [1.807, 2.05) is 45.9 Å². The summed E-state index contributed by atoms with van der Waals surface area (Å²) in [5.74, 6) is 0.747. The highest BCUT2D eigenvalue weighted by atomic mass is 16.4. The summed E-state index contributed by atoms with van der Waals surface area (Å²) in [4.78, 5) is 32.8. The molecule has 7 rings (SSSR count). The molecule has 0 spiro atoms. The van der Waals surface area contributed by atoms with Gasteiger partial charge in [0.15, 0.2) is 0 Å². The third kappa shape index (κ3) is 3.26. The molecule has 0 saturated heterocycles. The lowest BCUT2D eigenvalue weighted by Gasteiger charge is -2.33. The van der Waals surface area contributed by atoms with Crippen LogP contribution in [0.5, 0.6) is 0 Å². The summed E-state index contributed by atoms with van der Waals surface area (Å²) in [7, 11) is 0. The lowest BCUT2D eigenvalue weighted by molar-refractivity contribution is 0.0653. The lowest BCUT2D eigenvalue weighted by atomic mass is 9.99. The van der Waals surface area contributed by atoms with E-state index in [0.717, 1.165) is 46.7 Å². The van der Waals surface area contributed by atoms with Gasteiger partial charge in [0.25, 0.3) is 5.91 Å². The van der Waals surface area contributed by atoms with Crippen LogP contribution in [0.15, 0.2) is 59.5 Å². The molecule has 174 valence electrons. The largest absolute Gasteiger partial charge is 0.429 e. The monoisotopic (exact) mass is 465 g/mol. The minimum Gasteiger partial charge on any atom is -0.429 e. The molecule has 2 aliphatic rings. The number of imidazole rings is 1. The first-order valence-corrected chi connectivity index (χ1v) is 11.9. The second kappa shape index (κ2) is 7.63. The Bertz CT molecular complexity index is 1560. The Morgan fingerprint density at radius 2 is 2.06 bits per heavy atom. The third-order valence-corrected chi connectivity index (χ3v) is 6.89. The molecule has 1 amide bonds. The molecule has 5 aromatic rings. The van der Waals surface area contributed by atoms with Gasteiger partial charge in [0.1, 0.15) is 11.7 Å². The van der Waals surface area contributed by atoms with Crippen LogP contribution in [0.3, 0.4) is 0 Å². The van der Waals surface area contributed by atoms with E-state index in [4.69, 9.17) is 14.5 Å². The van der Waals surface area contributed by atoms with E-state index in [-0.39, 0.29) is 11.8 Å². The van der Waals surface area contributed by atoms with Crippen molar-refractivity contribution in [3.63, 3.8) is 0 Å². The Balaban J connectivity index is 1.34. The zero-order valence-corrected chi connectivity index (χ0v) is 19.2. The highest BCUT2D eigenvalue weighted by Crippen LogP contribution is 2.43. The fraction of sp³-hybridized carbons (Fsp3) is 0.269. The van der Waals surface area contributed by atoms with Crippen LogP contribution in [0.25, 0.3) is 17.1 Å². The van der Waals surface area contributed by atoms with Crippen molar-refractivity contribution in [3.8, 4) is 11.6 Å². The van der Waals surface area contributed by atoms with E-state index in [1.54, 1.807) is 12.5 Å². The van der Waals surface area contributed by atoms with Crippen LogP contribution >= 0.6 is 0 Å². The van der Waals surface area contributed by atoms with Gasteiger partial charge in [0.05, 0.1) is 28.9 Å². The molecule has 0 bridgehead atoms. The molecule has 9 heteroatoms. The minimum atomic E-state index is -0.424. The van der Waals surface area contributed by atoms with Crippen molar-refractivity contribution < 1.29 is 9.21 Å². The number of aryl methyl sites for hydroxylation is 1. The number of aromatic nitrogens is 6. The number of carbonyl (C=O) groups is 1. The normalized spacial score (nSPS) is 17.6. The van der Waals surface area contributed by atoms with Gasteiger partial charge in [-0.3, -0.25) is 9.78 Å². The Hall–Kier alpha value is -4.27. The van der Waals surface area contributed by atoms with E-state index in [1.165, 1.54) is 0 Å². The van der Waals surface area contributed by atoms with Gasteiger partial charge in [-0.05, 0) is 49.6 Å². The molecule has 1 N–H and O–H groups in total. The summed E-state index contributed by atoms with van der Waals surface area (Å²) in [6.45, 7) is 2.58. The molecule has 35 heavy (non-hydrogen) atoms. The zero-order chi connectivity index (χ0) is 23.5. The van der Waals surface area contributed by atoms with Gasteiger partial charge in [-0.1, -0.05) is 12.1 Å². The third-order valence-electron chi connectivity index (χ3n) is 6.89. The number of oxazole rings is 1. The van der Waals surface area contributed by atoms with Crippen LogP contribution in [-0.4, -0.2) is 46.9 Å². The molecular weight excluding hydrogens is 442 g/mol. The molecular formula is C26H23N7O2. The van der Waals surface area contributed by atoms with Gasteiger partial charge >= 0.3 is 0 Å².